The van der Waals surface area contributed by atoms with Crippen molar-refractivity contribution in [2.24, 2.45) is 12.5 Å². The number of likely N-dealkylation sites (tertiary alicyclic amines) is 1. The summed E-state index contributed by atoms with van der Waals surface area (Å²) in [6, 6.07) is 17.9. The van der Waals surface area contributed by atoms with Crippen LogP contribution in [0.5, 0.6) is 5.75 Å². The number of rotatable bonds is 6. The molecule has 1 saturated heterocycles. The Hall–Kier alpha value is -3.61. The van der Waals surface area contributed by atoms with Gasteiger partial charge in [0.15, 0.2) is 0 Å². The van der Waals surface area contributed by atoms with E-state index in [1.165, 1.54) is 0 Å². The molecule has 172 valence electrons. The Balaban J connectivity index is 1.57. The first-order valence-electron chi connectivity index (χ1n) is 11.1. The third-order valence-electron chi connectivity index (χ3n) is 6.35. The molecule has 0 saturated carbocycles. The highest BCUT2D eigenvalue weighted by atomic mass is 16.5. The molecule has 3 aromatic rings. The van der Waals surface area contributed by atoms with E-state index in [1.807, 2.05) is 24.3 Å². The van der Waals surface area contributed by atoms with Crippen LogP contribution in [-0.4, -0.2) is 65.7 Å². The van der Waals surface area contributed by atoms with Crippen LogP contribution in [0.15, 0.2) is 60.8 Å². The molecule has 1 atom stereocenters. The van der Waals surface area contributed by atoms with E-state index >= 15 is 0 Å². The summed E-state index contributed by atoms with van der Waals surface area (Å²) in [4.78, 5) is 29.7. The summed E-state index contributed by atoms with van der Waals surface area (Å²) in [6.45, 7) is 0.919. The third-order valence-corrected chi connectivity index (χ3v) is 6.35. The molecule has 2 amide bonds. The van der Waals surface area contributed by atoms with Crippen LogP contribution in [0.1, 0.15) is 22.5 Å². The second-order valence-electron chi connectivity index (χ2n) is 8.91. The number of benzene rings is 2. The number of aryl methyl sites for hydroxylation is 1. The molecule has 2 heterocycles. The Morgan fingerprint density at radius 2 is 1.82 bits per heavy atom. The summed E-state index contributed by atoms with van der Waals surface area (Å²) in [5.74, 6) is 0.743. The predicted molar refractivity (Wildman–Crippen MR) is 127 cm³/mol. The lowest BCUT2D eigenvalue weighted by Crippen LogP contribution is -2.44. The number of hydrogen-bond acceptors (Lipinski definition) is 4. The zero-order valence-electron chi connectivity index (χ0n) is 19.6. The number of nitrogens with zero attached hydrogens (tertiary/aromatic N) is 4. The lowest BCUT2D eigenvalue weighted by molar-refractivity contribution is -0.138. The number of aromatic nitrogens is 2. The van der Waals surface area contributed by atoms with Crippen molar-refractivity contribution in [3.05, 3.63) is 72.1 Å². The summed E-state index contributed by atoms with van der Waals surface area (Å²) in [5.41, 5.74) is 2.91. The van der Waals surface area contributed by atoms with Crippen molar-refractivity contribution >= 4 is 11.8 Å². The molecule has 0 radical (unpaired) electrons. The number of amides is 2. The Bertz CT molecular complexity index is 1150. The van der Waals surface area contributed by atoms with Crippen molar-refractivity contribution in [3.8, 4) is 16.9 Å². The van der Waals surface area contributed by atoms with E-state index in [4.69, 9.17) is 4.74 Å². The molecule has 0 spiro atoms. The fraction of sp³-hybridized carbons (Fsp3) is 0.346. The quantitative estimate of drug-likeness (QED) is 0.583. The summed E-state index contributed by atoms with van der Waals surface area (Å²) < 4.78 is 7.11. The topological polar surface area (TPSA) is 67.7 Å². The van der Waals surface area contributed by atoms with Crippen LogP contribution in [0.25, 0.3) is 11.1 Å². The highest BCUT2D eigenvalue weighted by Crippen LogP contribution is 2.37. The van der Waals surface area contributed by atoms with Crippen molar-refractivity contribution in [3.63, 3.8) is 0 Å². The van der Waals surface area contributed by atoms with Crippen LogP contribution >= 0.6 is 0 Å². The van der Waals surface area contributed by atoms with Crippen LogP contribution < -0.4 is 4.74 Å². The molecule has 1 aromatic heterocycles. The minimum atomic E-state index is -0.653. The summed E-state index contributed by atoms with van der Waals surface area (Å²) in [6.07, 6.45) is 2.95. The SMILES string of the molecule is COc1ccccc1-c1ccc(CC2(C(=O)N(C)C)CCN(C(=O)c3ccn(C)n3)C2)cc1. The lowest BCUT2D eigenvalue weighted by atomic mass is 9.79. The Morgan fingerprint density at radius 3 is 2.45 bits per heavy atom. The van der Waals surface area contributed by atoms with Gasteiger partial charge in [0.1, 0.15) is 11.4 Å². The Labute approximate surface area is 194 Å². The van der Waals surface area contributed by atoms with Crippen LogP contribution in [0.3, 0.4) is 0 Å². The first-order valence-corrected chi connectivity index (χ1v) is 11.1. The van der Waals surface area contributed by atoms with E-state index in [1.54, 1.807) is 55.0 Å². The smallest absolute Gasteiger partial charge is 0.274 e. The largest absolute Gasteiger partial charge is 0.496 e. The molecule has 1 fully saturated rings. The fourth-order valence-electron chi connectivity index (χ4n) is 4.68. The molecule has 2 aromatic carbocycles. The van der Waals surface area contributed by atoms with Crippen molar-refractivity contribution in [1.82, 2.24) is 19.6 Å². The number of para-hydroxylation sites is 1. The number of hydrogen-bond donors (Lipinski definition) is 0. The van der Waals surface area contributed by atoms with Gasteiger partial charge in [-0.2, -0.15) is 5.10 Å². The van der Waals surface area contributed by atoms with Gasteiger partial charge in [-0.25, -0.2) is 0 Å². The summed E-state index contributed by atoms with van der Waals surface area (Å²) in [5, 5.41) is 4.24. The van der Waals surface area contributed by atoms with E-state index in [0.29, 0.717) is 31.6 Å². The summed E-state index contributed by atoms with van der Waals surface area (Å²) in [7, 11) is 7.01. The molecule has 0 N–H and O–H groups in total. The first kappa shape index (κ1) is 22.6. The Kier molecular flexibility index (Phi) is 6.22. The van der Waals surface area contributed by atoms with Crippen LogP contribution in [-0.2, 0) is 18.3 Å². The van der Waals surface area contributed by atoms with Crippen LogP contribution in [0, 0.1) is 5.41 Å². The minimum absolute atomic E-state index is 0.0487. The molecule has 1 aliphatic rings. The molecule has 0 bridgehead atoms. The monoisotopic (exact) mass is 446 g/mol. The third kappa shape index (κ3) is 4.49. The number of carbonyl (C=O) groups is 2. The van der Waals surface area contributed by atoms with Crippen molar-refractivity contribution in [2.75, 3.05) is 34.3 Å². The molecule has 0 aliphatic carbocycles. The van der Waals surface area contributed by atoms with Crippen LogP contribution in [0.4, 0.5) is 0 Å². The van der Waals surface area contributed by atoms with Gasteiger partial charge in [0.2, 0.25) is 5.91 Å². The van der Waals surface area contributed by atoms with E-state index in [2.05, 4.69) is 29.4 Å². The second kappa shape index (κ2) is 9.10. The van der Waals surface area contributed by atoms with Crippen molar-refractivity contribution in [1.29, 1.82) is 0 Å². The van der Waals surface area contributed by atoms with E-state index in [0.717, 1.165) is 22.4 Å². The molecule has 4 rings (SSSR count). The number of methoxy groups -OCH3 is 1. The molecule has 1 aliphatic heterocycles. The maximum absolute atomic E-state index is 13.3. The molecule has 7 heteroatoms. The van der Waals surface area contributed by atoms with Gasteiger partial charge in [-0.15, -0.1) is 0 Å². The second-order valence-corrected chi connectivity index (χ2v) is 8.91. The van der Waals surface area contributed by atoms with E-state index in [9.17, 15) is 9.59 Å². The maximum Gasteiger partial charge on any atom is 0.274 e. The van der Waals surface area contributed by atoms with Crippen LogP contribution in [0.2, 0.25) is 0 Å². The van der Waals surface area contributed by atoms with Gasteiger partial charge in [0, 0.05) is 46.0 Å². The molecular formula is C26H30N4O3. The summed E-state index contributed by atoms with van der Waals surface area (Å²) >= 11 is 0. The molecule has 1 unspecified atom stereocenters. The van der Waals surface area contributed by atoms with Gasteiger partial charge in [-0.1, -0.05) is 42.5 Å². The maximum atomic E-state index is 13.3. The van der Waals surface area contributed by atoms with Gasteiger partial charge < -0.3 is 14.5 Å². The standard InChI is InChI=1S/C26H30N4O3/c1-28(2)25(32)26(14-16-30(18-26)24(31)22-13-15-29(3)27-22)17-19-9-11-20(12-10-19)21-7-5-6-8-23(21)33-4/h5-13,15H,14,16-18H2,1-4H3. The van der Waals surface area contributed by atoms with Crippen molar-refractivity contribution in [2.45, 2.75) is 12.8 Å². The molecular weight excluding hydrogens is 416 g/mol. The fourth-order valence-corrected chi connectivity index (χ4v) is 4.68. The lowest BCUT2D eigenvalue weighted by Gasteiger charge is -2.31. The average Bonchev–Trinajstić information content (AvgIpc) is 3.46. The van der Waals surface area contributed by atoms with Crippen molar-refractivity contribution < 1.29 is 14.3 Å². The normalized spacial score (nSPS) is 17.8. The van der Waals surface area contributed by atoms with Gasteiger partial charge >= 0.3 is 0 Å². The highest BCUT2D eigenvalue weighted by Gasteiger charge is 2.47. The number of ether oxygens (including phenoxy) is 1. The zero-order valence-corrected chi connectivity index (χ0v) is 19.6. The van der Waals surface area contributed by atoms with E-state index in [-0.39, 0.29) is 11.8 Å². The predicted octanol–water partition coefficient (Wildman–Crippen LogP) is 3.26. The van der Waals surface area contributed by atoms with Gasteiger partial charge in [-0.05, 0) is 36.1 Å². The number of carbonyl (C=O) groups excluding carboxylic acids is 2. The molecule has 33 heavy (non-hydrogen) atoms. The van der Waals surface area contributed by atoms with Gasteiger partial charge in [-0.3, -0.25) is 14.3 Å². The van der Waals surface area contributed by atoms with Gasteiger partial charge in [0.25, 0.3) is 5.91 Å². The molecule has 7 nitrogen and oxygen atoms in total. The van der Waals surface area contributed by atoms with E-state index < -0.39 is 5.41 Å². The zero-order chi connectivity index (χ0) is 23.6. The van der Waals surface area contributed by atoms with Gasteiger partial charge in [0.05, 0.1) is 12.5 Å². The first-order chi connectivity index (χ1) is 15.8. The highest BCUT2D eigenvalue weighted by molar-refractivity contribution is 5.93. The Morgan fingerprint density at radius 1 is 1.09 bits per heavy atom. The minimum Gasteiger partial charge on any atom is -0.496 e. The average molecular weight is 447 g/mol.